The molecule has 0 aromatic carbocycles. The van der Waals surface area contributed by atoms with Gasteiger partial charge < -0.3 is 62.0 Å². The second-order valence-corrected chi connectivity index (χ2v) is 0. The summed E-state index contributed by atoms with van der Waals surface area (Å²) in [4.78, 5) is 0. The van der Waals surface area contributed by atoms with E-state index < -0.39 is 0 Å². The monoisotopic (exact) mass is 274 g/mol. The van der Waals surface area contributed by atoms with Gasteiger partial charge in [0.05, 0.1) is 0 Å². The summed E-state index contributed by atoms with van der Waals surface area (Å²) in [5.74, 6) is 0. The zero-order chi connectivity index (χ0) is 0. The van der Waals surface area contributed by atoms with E-state index in [4.69, 9.17) is 0 Å². The van der Waals surface area contributed by atoms with Crippen molar-refractivity contribution in [3.63, 3.8) is 0 Å². The minimum Gasteiger partial charge on any atom is -1.00 e. The first-order chi connectivity index (χ1) is 0. The molecule has 0 rings (SSSR count). The zero-order valence-electron chi connectivity index (χ0n) is 2.84. The van der Waals surface area contributed by atoms with E-state index in [0.29, 0.717) is 0 Å². The molecule has 7 heteroatoms. The molecule has 0 unspecified atom stereocenters. The van der Waals surface area contributed by atoms with Gasteiger partial charge in [0.25, 0.3) is 0 Å². The van der Waals surface area contributed by atoms with Crippen LogP contribution in [0.1, 0.15) is 0 Å². The predicted octanol–water partition coefficient (Wildman–Crippen LogP) is -15.0. The molecule has 0 nitrogen and oxygen atoms in total. The van der Waals surface area contributed by atoms with E-state index in [1.54, 1.807) is 0 Å². The largest absolute Gasteiger partial charge is 4.00 e. The second-order valence-electron chi connectivity index (χ2n) is 0. The smallest absolute Gasteiger partial charge is 1.00 e. The molecular formula is Cl5TiV-. The molecule has 0 aliphatic carbocycles. The van der Waals surface area contributed by atoms with Crippen LogP contribution in [0.3, 0.4) is 0 Å². The fourth-order valence-electron chi connectivity index (χ4n) is 0. The van der Waals surface area contributed by atoms with Crippen LogP contribution in [0.25, 0.3) is 0 Å². The molecule has 0 saturated heterocycles. The van der Waals surface area contributed by atoms with Crippen molar-refractivity contribution in [2.45, 2.75) is 0 Å². The van der Waals surface area contributed by atoms with Crippen LogP contribution in [0.2, 0.25) is 0 Å². The van der Waals surface area contributed by atoms with Crippen LogP contribution in [0.4, 0.5) is 0 Å². The summed E-state index contributed by atoms with van der Waals surface area (Å²) in [6, 6.07) is 0. The van der Waals surface area contributed by atoms with Crippen molar-refractivity contribution < 1.29 is 102 Å². The van der Waals surface area contributed by atoms with E-state index in [0.717, 1.165) is 0 Å². The molecule has 0 aliphatic rings. The Hall–Kier alpha value is 2.75. The van der Waals surface area contributed by atoms with Gasteiger partial charge in [-0.05, 0) is 0 Å². The van der Waals surface area contributed by atoms with Crippen molar-refractivity contribution in [1.29, 1.82) is 0 Å². The molecule has 0 bridgehead atoms. The van der Waals surface area contributed by atoms with E-state index in [2.05, 4.69) is 0 Å². The van der Waals surface area contributed by atoms with Crippen LogP contribution in [-0.4, -0.2) is 0 Å². The number of rotatable bonds is 0. The molecule has 0 aromatic heterocycles. The van der Waals surface area contributed by atoms with Crippen molar-refractivity contribution in [3.05, 3.63) is 0 Å². The Morgan fingerprint density at radius 3 is 0.429 bits per heavy atom. The molecule has 7 heavy (non-hydrogen) atoms. The van der Waals surface area contributed by atoms with Gasteiger partial charge in [-0.15, -0.1) is 0 Å². The molecular weight excluding hydrogens is 276 g/mol. The maximum Gasteiger partial charge on any atom is 4.00 e. The predicted molar refractivity (Wildman–Crippen MR) is 0 cm³/mol. The Bertz CT molecular complexity index is 8.04. The summed E-state index contributed by atoms with van der Waals surface area (Å²) in [5.41, 5.74) is 0. The first-order valence-electron chi connectivity index (χ1n) is 0. The minimum atomic E-state index is 0. The maximum atomic E-state index is 0. The summed E-state index contributed by atoms with van der Waals surface area (Å²) in [5, 5.41) is 0. The topological polar surface area (TPSA) is 0 Å². The van der Waals surface area contributed by atoms with Gasteiger partial charge in [0.1, 0.15) is 0 Å². The van der Waals surface area contributed by atoms with Gasteiger partial charge in [0.15, 0.2) is 0 Å². The van der Waals surface area contributed by atoms with E-state index in [1.165, 1.54) is 0 Å². The Kier molecular flexibility index (Phi) is 981. The SMILES string of the molecule is [Cl-].[Cl-].[Cl-].[Cl-].[Cl-].[Ti+4].[V]. The summed E-state index contributed by atoms with van der Waals surface area (Å²) in [6.07, 6.45) is 0. The Labute approximate surface area is 101 Å². The molecule has 0 atom stereocenters. The fraction of sp³-hybridized carbons (Fsp3) is 0. The van der Waals surface area contributed by atoms with Gasteiger partial charge in [0.2, 0.25) is 0 Å². The third kappa shape index (κ3) is 52.7. The first kappa shape index (κ1) is 98.8. The number of hydrogen-bond donors (Lipinski definition) is 0. The first-order valence-corrected chi connectivity index (χ1v) is 0. The van der Waals surface area contributed by atoms with Gasteiger partial charge in [-0.3, -0.25) is 0 Å². The van der Waals surface area contributed by atoms with Gasteiger partial charge in [0, 0.05) is 18.6 Å². The number of hydrogen-bond acceptors (Lipinski definition) is 0. The Morgan fingerprint density at radius 1 is 0.429 bits per heavy atom. The molecule has 0 heterocycles. The molecule has 0 fully saturated rings. The molecule has 45 valence electrons. The van der Waals surface area contributed by atoms with Crippen LogP contribution < -0.4 is 62.0 Å². The minimum absolute atomic E-state index is 0. The molecule has 0 amide bonds. The van der Waals surface area contributed by atoms with Gasteiger partial charge >= 0.3 is 21.7 Å². The van der Waals surface area contributed by atoms with Crippen molar-refractivity contribution in [2.24, 2.45) is 0 Å². The molecule has 0 aromatic rings. The van der Waals surface area contributed by atoms with Gasteiger partial charge in [-0.2, -0.15) is 0 Å². The zero-order valence-corrected chi connectivity index (χ0v) is 9.57. The third-order valence-electron chi connectivity index (χ3n) is 0. The number of halogens is 5. The standard InChI is InChI=1S/5ClH.Ti.V/h5*1H;;/q;;;;;+4;/p-5. The van der Waals surface area contributed by atoms with Crippen molar-refractivity contribution >= 4 is 0 Å². The molecule has 0 saturated carbocycles. The van der Waals surface area contributed by atoms with E-state index in [-0.39, 0.29) is 102 Å². The van der Waals surface area contributed by atoms with Crippen LogP contribution in [0.15, 0.2) is 0 Å². The molecule has 0 aliphatic heterocycles. The summed E-state index contributed by atoms with van der Waals surface area (Å²) >= 11 is 0. The quantitative estimate of drug-likeness (QED) is 0.386. The average Bonchev–Trinajstić information content (AvgIpc) is 0. The molecule has 1 radical (unpaired) electrons. The normalized spacial score (nSPS) is 0. The van der Waals surface area contributed by atoms with Crippen molar-refractivity contribution in [3.8, 4) is 0 Å². The summed E-state index contributed by atoms with van der Waals surface area (Å²) in [7, 11) is 0. The van der Waals surface area contributed by atoms with Crippen molar-refractivity contribution in [2.75, 3.05) is 0 Å². The second kappa shape index (κ2) is 69.5. The third-order valence-corrected chi connectivity index (χ3v) is 0. The summed E-state index contributed by atoms with van der Waals surface area (Å²) < 4.78 is 0. The van der Waals surface area contributed by atoms with Crippen LogP contribution in [0, 0.1) is 0 Å². The molecule has 0 N–H and O–H groups in total. The van der Waals surface area contributed by atoms with Crippen LogP contribution in [-0.2, 0) is 40.3 Å². The van der Waals surface area contributed by atoms with E-state index >= 15 is 0 Å². The Morgan fingerprint density at radius 2 is 0.429 bits per heavy atom. The average molecular weight is 276 g/mol. The van der Waals surface area contributed by atoms with Crippen LogP contribution in [0.5, 0.6) is 0 Å². The Balaban J connectivity index is 0. The fourth-order valence-corrected chi connectivity index (χ4v) is 0. The van der Waals surface area contributed by atoms with E-state index in [1.807, 2.05) is 0 Å². The summed E-state index contributed by atoms with van der Waals surface area (Å²) in [6.45, 7) is 0. The van der Waals surface area contributed by atoms with Crippen molar-refractivity contribution in [1.82, 2.24) is 0 Å². The van der Waals surface area contributed by atoms with E-state index in [9.17, 15) is 0 Å². The van der Waals surface area contributed by atoms with Crippen LogP contribution >= 0.6 is 0 Å². The van der Waals surface area contributed by atoms with Gasteiger partial charge in [-0.1, -0.05) is 0 Å². The molecule has 0 spiro atoms. The van der Waals surface area contributed by atoms with Gasteiger partial charge in [-0.25, -0.2) is 0 Å². The maximum absolute atomic E-state index is 0.